The Bertz CT molecular complexity index is 2110. The first-order valence-electron chi connectivity index (χ1n) is 46.5. The maximum absolute atomic E-state index is 12.4. The van der Waals surface area contributed by atoms with Crippen molar-refractivity contribution in [3.8, 4) is 0 Å². The summed E-state index contributed by atoms with van der Waals surface area (Å²) in [4.78, 5) is 47.9. The van der Waals surface area contributed by atoms with Gasteiger partial charge in [0.1, 0.15) is 0 Å². The number of unbranched alkanes of at least 4 members (excludes halogenated alkanes) is 29. The number of carbonyl (C=O) groups is 4. The van der Waals surface area contributed by atoms with Gasteiger partial charge in [0.2, 0.25) is 23.6 Å². The smallest absolute Gasteiger partial charge is 0.220 e. The molecule has 4 amide bonds. The second-order valence-corrected chi connectivity index (χ2v) is 32.3. The van der Waals surface area contributed by atoms with Gasteiger partial charge >= 0.3 is 0 Å². The number of allylic oxidation sites excluding steroid dienone is 8. The average molecular weight is 1520 g/mol. The Labute approximate surface area is 667 Å². The van der Waals surface area contributed by atoms with Crippen LogP contribution in [0.15, 0.2) is 48.6 Å². The molecule has 2 aliphatic carbocycles. The van der Waals surface area contributed by atoms with Crippen molar-refractivity contribution in [2.24, 2.45) is 58.8 Å². The maximum Gasteiger partial charge on any atom is 0.220 e. The van der Waals surface area contributed by atoms with E-state index in [-0.39, 0.29) is 23.6 Å². The topological polar surface area (TPSA) is 241 Å². The standard InChI is InChI=1S/C50H98N8O3.C42H82N4O/c1-4-6-8-10-14-20-26-47-45(24-18-9-7-5-2)30-31-46(25-19-13-11-16-22-28-49(60)57-42-39-54-35-34-52-33-32-51)48(47)27-21-15-12-17-23-29-50(61)58-43-40-55-37-36-53-38-41-56-44(3)59;1-4-7-10-13-16-21-26-39-31-30-38(25-20-12-9-6-3)40(27-22-17-14-11-8-5-2)41(39)28-23-18-15-19-24-29-42(47)46-37-36-45-35-34-44-33-32-43/h14,20,30-31,45-48,52-55H,4-13,15-19,21-29,32-43,51H2,1-3H3,(H,56,59)(H,57,60)(H,58,61);17,22,30-31,38-41,44-45H,4-16,18-21,23-29,32-37,43H2,1-3H3,(H,46,47)/b20-14+;22-17+. The number of hydrogen-bond donors (Lipinski definition) is 12. The minimum atomic E-state index is -0.00237. The van der Waals surface area contributed by atoms with E-state index >= 15 is 0 Å². The van der Waals surface area contributed by atoms with E-state index in [0.29, 0.717) is 70.4 Å². The molecule has 0 saturated heterocycles. The molecule has 0 aromatic heterocycles. The van der Waals surface area contributed by atoms with Crippen LogP contribution in [0, 0.1) is 47.3 Å². The summed E-state index contributed by atoms with van der Waals surface area (Å²) in [6.45, 7) is 27.2. The van der Waals surface area contributed by atoms with E-state index in [1.165, 1.54) is 264 Å². The zero-order valence-corrected chi connectivity index (χ0v) is 71.7. The van der Waals surface area contributed by atoms with Crippen molar-refractivity contribution in [2.45, 2.75) is 350 Å². The van der Waals surface area contributed by atoms with Crippen LogP contribution in [0.4, 0.5) is 0 Å². The highest BCUT2D eigenvalue weighted by Gasteiger charge is 2.36. The summed E-state index contributed by atoms with van der Waals surface area (Å²) in [5, 5.41) is 31.9. The molecule has 0 aliphatic heterocycles. The fourth-order valence-electron chi connectivity index (χ4n) is 16.3. The lowest BCUT2D eigenvalue weighted by Crippen LogP contribution is -2.36. The van der Waals surface area contributed by atoms with Crippen molar-refractivity contribution < 1.29 is 19.2 Å². The van der Waals surface area contributed by atoms with Crippen LogP contribution in [0.5, 0.6) is 0 Å². The predicted molar refractivity (Wildman–Crippen MR) is 468 cm³/mol. The fraction of sp³-hybridized carbons (Fsp3) is 0.870. The van der Waals surface area contributed by atoms with Crippen LogP contribution >= 0.6 is 0 Å². The highest BCUT2D eigenvalue weighted by atomic mass is 16.2. The molecule has 14 N–H and O–H groups in total. The summed E-state index contributed by atoms with van der Waals surface area (Å²) in [6.07, 6.45) is 80.8. The number of rotatable bonds is 78. The molecule has 2 aliphatic rings. The molecule has 0 fully saturated rings. The zero-order valence-electron chi connectivity index (χ0n) is 71.7. The summed E-state index contributed by atoms with van der Waals surface area (Å²) in [7, 11) is 0. The van der Waals surface area contributed by atoms with Crippen molar-refractivity contribution in [2.75, 3.05) is 118 Å². The van der Waals surface area contributed by atoms with Crippen molar-refractivity contribution in [3.63, 3.8) is 0 Å². The van der Waals surface area contributed by atoms with Gasteiger partial charge < -0.3 is 64.6 Å². The zero-order chi connectivity index (χ0) is 78.3. The van der Waals surface area contributed by atoms with Crippen LogP contribution in [0.1, 0.15) is 350 Å². The fourth-order valence-corrected chi connectivity index (χ4v) is 16.3. The third-order valence-electron chi connectivity index (χ3n) is 22.7. The summed E-state index contributed by atoms with van der Waals surface area (Å²) in [6, 6.07) is 0. The van der Waals surface area contributed by atoms with Gasteiger partial charge in [-0.25, -0.2) is 0 Å². The van der Waals surface area contributed by atoms with Gasteiger partial charge in [-0.05, 0) is 144 Å². The van der Waals surface area contributed by atoms with E-state index in [0.717, 1.165) is 146 Å². The van der Waals surface area contributed by atoms with Crippen LogP contribution in [0.3, 0.4) is 0 Å². The minimum Gasteiger partial charge on any atom is -0.355 e. The van der Waals surface area contributed by atoms with Crippen LogP contribution < -0.4 is 64.6 Å². The van der Waals surface area contributed by atoms with Gasteiger partial charge in [0, 0.05) is 144 Å². The number of amides is 4. The monoisotopic (exact) mass is 1520 g/mol. The molecule has 0 saturated carbocycles. The molecular formula is C92H180N12O4. The Morgan fingerprint density at radius 3 is 0.815 bits per heavy atom. The highest BCUT2D eigenvalue weighted by Crippen LogP contribution is 2.46. The summed E-state index contributed by atoms with van der Waals surface area (Å²) in [5.41, 5.74) is 11.0. The van der Waals surface area contributed by atoms with Crippen LogP contribution in [0.25, 0.3) is 0 Å². The van der Waals surface area contributed by atoms with Gasteiger partial charge in [-0.3, -0.25) is 19.2 Å². The molecule has 0 spiro atoms. The molecule has 8 unspecified atom stereocenters. The SMILES string of the molecule is CCCCC/C=C/CC1C(CCCCCC)C=CC(CCCCCCCC(=O)NCCNCCNCCN)C1CCCCCCCC(=O)NCCNCCNCCNC(C)=O.CCCCC/C=C/CC1C(CCCCCC)C=CC(CCCCCCCC)C1CCCCCCCC(=O)NCCNCCNCCN. The second kappa shape index (κ2) is 80.1. The van der Waals surface area contributed by atoms with Crippen molar-refractivity contribution in [1.82, 2.24) is 53.2 Å². The van der Waals surface area contributed by atoms with Crippen molar-refractivity contribution in [3.05, 3.63) is 48.6 Å². The minimum absolute atomic E-state index is 0.00237. The molecule has 0 aromatic carbocycles. The molecule has 108 heavy (non-hydrogen) atoms. The van der Waals surface area contributed by atoms with Gasteiger partial charge in [-0.2, -0.15) is 0 Å². The molecule has 0 bridgehead atoms. The summed E-state index contributed by atoms with van der Waals surface area (Å²) >= 11 is 0. The van der Waals surface area contributed by atoms with E-state index in [2.05, 4.69) is 136 Å². The Balaban J connectivity index is 0.00000112. The Morgan fingerprint density at radius 2 is 0.509 bits per heavy atom. The quantitative estimate of drug-likeness (QED) is 0.0201. The molecule has 8 atom stereocenters. The van der Waals surface area contributed by atoms with Gasteiger partial charge in [0.25, 0.3) is 0 Å². The van der Waals surface area contributed by atoms with Crippen LogP contribution in [-0.4, -0.2) is 141 Å². The summed E-state index contributed by atoms with van der Waals surface area (Å²) < 4.78 is 0. The third-order valence-corrected chi connectivity index (χ3v) is 22.7. The third kappa shape index (κ3) is 63.0. The molecule has 0 aromatic rings. The van der Waals surface area contributed by atoms with Crippen molar-refractivity contribution in [1.29, 1.82) is 0 Å². The van der Waals surface area contributed by atoms with Crippen LogP contribution in [0.2, 0.25) is 0 Å². The van der Waals surface area contributed by atoms with Gasteiger partial charge in [-0.15, -0.1) is 0 Å². The van der Waals surface area contributed by atoms with Crippen molar-refractivity contribution >= 4 is 23.6 Å². The molecule has 0 radical (unpaired) electrons. The normalized spacial score (nSPS) is 18.4. The maximum atomic E-state index is 12.4. The van der Waals surface area contributed by atoms with Crippen LogP contribution in [-0.2, 0) is 19.2 Å². The van der Waals surface area contributed by atoms with E-state index in [4.69, 9.17) is 11.5 Å². The molecule has 16 nitrogen and oxygen atoms in total. The first kappa shape index (κ1) is 103. The number of nitrogens with two attached hydrogens (primary N) is 2. The Morgan fingerprint density at radius 1 is 0.269 bits per heavy atom. The Hall–Kier alpha value is -3.48. The molecule has 632 valence electrons. The van der Waals surface area contributed by atoms with Gasteiger partial charge in [0.15, 0.2) is 0 Å². The lowest BCUT2D eigenvalue weighted by Gasteiger charge is -2.40. The Kier molecular flexibility index (Phi) is 76.1. The second-order valence-electron chi connectivity index (χ2n) is 32.3. The molecule has 0 heterocycles. The number of nitrogens with one attached hydrogen (secondary N) is 10. The van der Waals surface area contributed by atoms with Gasteiger partial charge in [-0.1, -0.05) is 276 Å². The van der Waals surface area contributed by atoms with E-state index in [1.54, 1.807) is 0 Å². The van der Waals surface area contributed by atoms with E-state index < -0.39 is 0 Å². The average Bonchev–Trinajstić information content (AvgIpc) is 0.825. The highest BCUT2D eigenvalue weighted by molar-refractivity contribution is 5.76. The molecule has 2 rings (SSSR count). The van der Waals surface area contributed by atoms with Gasteiger partial charge in [0.05, 0.1) is 0 Å². The number of hydrogen-bond acceptors (Lipinski definition) is 12. The number of carbonyl (C=O) groups excluding carboxylic acids is 4. The first-order chi connectivity index (χ1) is 53.1. The van der Waals surface area contributed by atoms with E-state index in [9.17, 15) is 19.2 Å². The largest absolute Gasteiger partial charge is 0.355 e. The lowest BCUT2D eigenvalue weighted by molar-refractivity contribution is -0.122. The summed E-state index contributed by atoms with van der Waals surface area (Å²) in [5.74, 6) is 6.59. The predicted octanol–water partition coefficient (Wildman–Crippen LogP) is 17.9. The molecular weight excluding hydrogens is 1340 g/mol. The lowest BCUT2D eigenvalue weighted by atomic mass is 9.65. The molecule has 16 heteroatoms. The first-order valence-corrected chi connectivity index (χ1v) is 46.5. The van der Waals surface area contributed by atoms with E-state index in [1.807, 2.05) is 0 Å².